The van der Waals surface area contributed by atoms with Crippen molar-refractivity contribution >= 4 is 0 Å². The van der Waals surface area contributed by atoms with Crippen molar-refractivity contribution in [1.82, 2.24) is 0 Å². The quantitative estimate of drug-likeness (QED) is 0.772. The molecule has 0 fully saturated rings. The fourth-order valence-corrected chi connectivity index (χ4v) is 1.52. The van der Waals surface area contributed by atoms with Crippen LogP contribution in [0, 0.1) is 12.3 Å². The lowest BCUT2D eigenvalue weighted by atomic mass is 9.92. The highest BCUT2D eigenvalue weighted by atomic mass is 19.4. The van der Waals surface area contributed by atoms with Crippen LogP contribution in [0.4, 0.5) is 13.2 Å². The molecule has 1 atom stereocenters. The maximum absolute atomic E-state index is 12.8. The number of alkyl halides is 3. The number of aliphatic hydroxyl groups is 1. The fraction of sp³-hybridized carbons (Fsp3) is 0.333. The first-order chi connectivity index (χ1) is 7.41. The number of hydrogen-bond acceptors (Lipinski definition) is 1. The Hall–Kier alpha value is -1.47. The van der Waals surface area contributed by atoms with Crippen molar-refractivity contribution in [3.8, 4) is 12.3 Å². The summed E-state index contributed by atoms with van der Waals surface area (Å²) >= 11 is 0. The Morgan fingerprint density at radius 1 is 1.44 bits per heavy atom. The molecule has 0 amide bonds. The summed E-state index contributed by atoms with van der Waals surface area (Å²) in [4.78, 5) is 0. The highest BCUT2D eigenvalue weighted by Crippen LogP contribution is 2.37. The van der Waals surface area contributed by atoms with Crippen LogP contribution in [0.3, 0.4) is 0 Å². The first-order valence-electron chi connectivity index (χ1n) is 4.69. The molecule has 1 N–H and O–H groups in total. The van der Waals surface area contributed by atoms with E-state index in [1.165, 1.54) is 25.1 Å². The minimum Gasteiger partial charge on any atom is -0.396 e. The smallest absolute Gasteiger partial charge is 0.396 e. The summed E-state index contributed by atoms with van der Waals surface area (Å²) in [6, 6.07) is 4.05. The molecule has 0 aliphatic heterocycles. The van der Waals surface area contributed by atoms with Crippen LogP contribution in [0.25, 0.3) is 0 Å². The Bertz CT molecular complexity index is 415. The highest BCUT2D eigenvalue weighted by molar-refractivity contribution is 5.47. The molecule has 0 saturated carbocycles. The van der Waals surface area contributed by atoms with Gasteiger partial charge in [0.2, 0.25) is 0 Å². The topological polar surface area (TPSA) is 20.2 Å². The molecule has 1 aromatic carbocycles. The minimum absolute atomic E-state index is 0.0328. The average molecular weight is 228 g/mol. The van der Waals surface area contributed by atoms with Gasteiger partial charge in [0.05, 0.1) is 5.56 Å². The SMILES string of the molecule is C#Cc1cccc(C(C)CO)c1C(F)(F)F. The molecule has 0 aromatic heterocycles. The van der Waals surface area contributed by atoms with Gasteiger partial charge in [-0.1, -0.05) is 25.0 Å². The number of halogens is 3. The van der Waals surface area contributed by atoms with Crippen molar-refractivity contribution in [3.05, 3.63) is 34.9 Å². The lowest BCUT2D eigenvalue weighted by Gasteiger charge is -2.18. The summed E-state index contributed by atoms with van der Waals surface area (Å²) in [6.45, 7) is 1.17. The number of aliphatic hydroxyl groups excluding tert-OH is 1. The molecular weight excluding hydrogens is 217 g/mol. The van der Waals surface area contributed by atoms with Crippen LogP contribution in [0.1, 0.15) is 29.5 Å². The molecule has 1 rings (SSSR count). The van der Waals surface area contributed by atoms with E-state index in [-0.39, 0.29) is 17.7 Å². The van der Waals surface area contributed by atoms with Crippen LogP contribution in [-0.2, 0) is 6.18 Å². The molecule has 1 nitrogen and oxygen atoms in total. The summed E-state index contributed by atoms with van der Waals surface area (Å²) < 4.78 is 38.4. The predicted octanol–water partition coefficient (Wildman–Crippen LogP) is 2.78. The molecule has 1 aromatic rings. The summed E-state index contributed by atoms with van der Waals surface area (Å²) in [6.07, 6.45) is 0.547. The standard InChI is InChI=1S/C12H11F3O/c1-3-9-5-4-6-10(8(2)7-16)11(9)12(13,14)15/h1,4-6,8,16H,7H2,2H3. The van der Waals surface area contributed by atoms with Gasteiger partial charge in [-0.3, -0.25) is 0 Å². The highest BCUT2D eigenvalue weighted by Gasteiger charge is 2.36. The van der Waals surface area contributed by atoms with E-state index in [1.807, 2.05) is 5.92 Å². The lowest BCUT2D eigenvalue weighted by Crippen LogP contribution is -2.14. The zero-order valence-electron chi connectivity index (χ0n) is 8.67. The van der Waals surface area contributed by atoms with E-state index in [0.717, 1.165) is 0 Å². The molecule has 0 saturated heterocycles. The Morgan fingerprint density at radius 3 is 2.50 bits per heavy atom. The first-order valence-corrected chi connectivity index (χ1v) is 4.69. The van der Waals surface area contributed by atoms with Crippen molar-refractivity contribution < 1.29 is 18.3 Å². The normalized spacial score (nSPS) is 13.2. The third kappa shape index (κ3) is 2.37. The molecule has 0 spiro atoms. The molecule has 0 heterocycles. The van der Waals surface area contributed by atoms with Gasteiger partial charge in [0.25, 0.3) is 0 Å². The van der Waals surface area contributed by atoms with E-state index in [1.54, 1.807) is 0 Å². The van der Waals surface area contributed by atoms with Crippen LogP contribution in [0.2, 0.25) is 0 Å². The average Bonchev–Trinajstić information content (AvgIpc) is 2.25. The third-order valence-corrected chi connectivity index (χ3v) is 2.34. The van der Waals surface area contributed by atoms with Crippen LogP contribution in [-0.4, -0.2) is 11.7 Å². The zero-order valence-corrected chi connectivity index (χ0v) is 8.67. The second-order valence-electron chi connectivity index (χ2n) is 3.50. The van der Waals surface area contributed by atoms with Crippen LogP contribution in [0.5, 0.6) is 0 Å². The van der Waals surface area contributed by atoms with E-state index in [0.29, 0.717) is 0 Å². The van der Waals surface area contributed by atoms with Crippen molar-refractivity contribution in [3.63, 3.8) is 0 Å². The number of benzene rings is 1. The number of rotatable bonds is 2. The van der Waals surface area contributed by atoms with Gasteiger partial charge in [0, 0.05) is 18.1 Å². The minimum atomic E-state index is -4.50. The van der Waals surface area contributed by atoms with Gasteiger partial charge in [0.1, 0.15) is 0 Å². The maximum Gasteiger partial charge on any atom is 0.417 e. The van der Waals surface area contributed by atoms with Crippen molar-refractivity contribution in [2.24, 2.45) is 0 Å². The van der Waals surface area contributed by atoms with Gasteiger partial charge in [-0.25, -0.2) is 0 Å². The van der Waals surface area contributed by atoms with Crippen molar-refractivity contribution in [2.45, 2.75) is 19.0 Å². The molecule has 86 valence electrons. The van der Waals surface area contributed by atoms with E-state index < -0.39 is 17.7 Å². The molecule has 0 bridgehead atoms. The van der Waals surface area contributed by atoms with Gasteiger partial charge in [0.15, 0.2) is 0 Å². The first kappa shape index (κ1) is 12.6. The van der Waals surface area contributed by atoms with Gasteiger partial charge in [-0.15, -0.1) is 6.42 Å². The van der Waals surface area contributed by atoms with Crippen molar-refractivity contribution in [2.75, 3.05) is 6.61 Å². The van der Waals surface area contributed by atoms with Crippen LogP contribution < -0.4 is 0 Å². The predicted molar refractivity (Wildman–Crippen MR) is 54.9 cm³/mol. The summed E-state index contributed by atoms with van der Waals surface area (Å²) in [5.74, 6) is 1.43. The molecule has 0 aliphatic rings. The molecule has 4 heteroatoms. The van der Waals surface area contributed by atoms with E-state index >= 15 is 0 Å². The summed E-state index contributed by atoms with van der Waals surface area (Å²) in [7, 11) is 0. The Kier molecular flexibility index (Phi) is 3.61. The van der Waals surface area contributed by atoms with E-state index in [2.05, 4.69) is 0 Å². The second kappa shape index (κ2) is 4.58. The van der Waals surface area contributed by atoms with Crippen molar-refractivity contribution in [1.29, 1.82) is 0 Å². The summed E-state index contributed by atoms with van der Waals surface area (Å²) in [5.41, 5.74) is -0.977. The van der Waals surface area contributed by atoms with Crippen LogP contribution in [0.15, 0.2) is 18.2 Å². The molecule has 1 unspecified atom stereocenters. The fourth-order valence-electron chi connectivity index (χ4n) is 1.52. The molecule has 0 aliphatic carbocycles. The largest absolute Gasteiger partial charge is 0.417 e. The third-order valence-electron chi connectivity index (χ3n) is 2.34. The molecular formula is C12H11F3O. The van der Waals surface area contributed by atoms with Crippen LogP contribution >= 0.6 is 0 Å². The van der Waals surface area contributed by atoms with Gasteiger partial charge < -0.3 is 5.11 Å². The summed E-state index contributed by atoms with van der Waals surface area (Å²) in [5, 5.41) is 8.92. The van der Waals surface area contributed by atoms with Gasteiger partial charge >= 0.3 is 6.18 Å². The Balaban J connectivity index is 3.46. The monoisotopic (exact) mass is 228 g/mol. The molecule has 16 heavy (non-hydrogen) atoms. The Morgan fingerprint density at radius 2 is 2.06 bits per heavy atom. The maximum atomic E-state index is 12.8. The van der Waals surface area contributed by atoms with E-state index in [9.17, 15) is 13.2 Å². The van der Waals surface area contributed by atoms with Gasteiger partial charge in [-0.05, 0) is 11.6 Å². The lowest BCUT2D eigenvalue weighted by molar-refractivity contribution is -0.138. The van der Waals surface area contributed by atoms with Gasteiger partial charge in [-0.2, -0.15) is 13.2 Å². The van der Waals surface area contributed by atoms with E-state index in [4.69, 9.17) is 11.5 Å². The Labute approximate surface area is 91.9 Å². The number of terminal acetylenes is 1. The zero-order chi connectivity index (χ0) is 12.3. The second-order valence-corrected chi connectivity index (χ2v) is 3.50. The number of hydrogen-bond donors (Lipinski definition) is 1. The molecule has 0 radical (unpaired) electrons.